The molecule has 13 heavy (non-hydrogen) atoms. The van der Waals surface area contributed by atoms with Crippen LogP contribution in [0.3, 0.4) is 0 Å². The summed E-state index contributed by atoms with van der Waals surface area (Å²) < 4.78 is 0. The minimum absolute atomic E-state index is 0.323. The van der Waals surface area contributed by atoms with Gasteiger partial charge in [0, 0.05) is 19.1 Å². The molecule has 2 N–H and O–H groups in total. The molecule has 0 aliphatic carbocycles. The molecule has 2 heteroatoms. The Morgan fingerprint density at radius 3 is 2.38 bits per heavy atom. The lowest BCUT2D eigenvalue weighted by atomic mass is 9.93. The average Bonchev–Trinajstić information content (AvgIpc) is 2.30. The Hall–Kier alpha value is -0.0800. The maximum atomic E-state index is 5.85. The number of hydrogen-bond acceptors (Lipinski definition) is 2. The first-order chi connectivity index (χ1) is 5.91. The Balaban J connectivity index is 2.32. The molecule has 0 amide bonds. The van der Waals surface area contributed by atoms with Crippen molar-refractivity contribution >= 4 is 0 Å². The van der Waals surface area contributed by atoms with Crippen molar-refractivity contribution in [2.24, 2.45) is 17.1 Å². The maximum absolute atomic E-state index is 5.85. The van der Waals surface area contributed by atoms with Crippen LogP contribution in [0.1, 0.15) is 34.1 Å². The van der Waals surface area contributed by atoms with Crippen molar-refractivity contribution in [2.45, 2.75) is 40.2 Å². The first-order valence-corrected chi connectivity index (χ1v) is 5.39. The quantitative estimate of drug-likeness (QED) is 0.723. The molecule has 0 radical (unpaired) electrons. The van der Waals surface area contributed by atoms with Crippen molar-refractivity contribution in [2.75, 3.05) is 19.6 Å². The molecule has 0 saturated carbocycles. The van der Waals surface area contributed by atoms with E-state index < -0.39 is 0 Å². The molecule has 1 aliphatic rings. The summed E-state index contributed by atoms with van der Waals surface area (Å²) in [7, 11) is 0. The highest BCUT2D eigenvalue weighted by atomic mass is 15.2. The van der Waals surface area contributed by atoms with Gasteiger partial charge in [-0.25, -0.2) is 0 Å². The molecule has 2 unspecified atom stereocenters. The fraction of sp³-hybridized carbons (Fsp3) is 1.00. The molecule has 0 aromatic rings. The van der Waals surface area contributed by atoms with Gasteiger partial charge in [0.1, 0.15) is 0 Å². The Morgan fingerprint density at radius 2 is 2.00 bits per heavy atom. The third-order valence-corrected chi connectivity index (χ3v) is 3.20. The number of nitrogens with two attached hydrogens (primary N) is 1. The summed E-state index contributed by atoms with van der Waals surface area (Å²) in [5.74, 6) is 0.619. The second-order valence-corrected chi connectivity index (χ2v) is 5.49. The molecule has 0 aromatic carbocycles. The van der Waals surface area contributed by atoms with E-state index >= 15 is 0 Å². The average molecular weight is 184 g/mol. The van der Waals surface area contributed by atoms with Gasteiger partial charge in [-0.3, -0.25) is 0 Å². The van der Waals surface area contributed by atoms with Crippen LogP contribution in [0.15, 0.2) is 0 Å². The predicted molar refractivity (Wildman–Crippen MR) is 57.7 cm³/mol. The molecule has 0 spiro atoms. The molecule has 1 heterocycles. The van der Waals surface area contributed by atoms with E-state index in [-0.39, 0.29) is 0 Å². The van der Waals surface area contributed by atoms with Crippen LogP contribution in [0.25, 0.3) is 0 Å². The Bertz CT molecular complexity index is 163. The largest absolute Gasteiger partial charge is 0.328 e. The number of nitrogens with zero attached hydrogens (tertiary/aromatic N) is 1. The van der Waals surface area contributed by atoms with Crippen LogP contribution in [0.5, 0.6) is 0 Å². The summed E-state index contributed by atoms with van der Waals surface area (Å²) >= 11 is 0. The standard InChI is InChI=1S/C11H24N2/c1-9(10(2)12)7-13-6-5-11(3,4)8-13/h9-10H,5-8,12H2,1-4H3. The SMILES string of the molecule is CC(N)C(C)CN1CCC(C)(C)C1. The van der Waals surface area contributed by atoms with Crippen LogP contribution >= 0.6 is 0 Å². The van der Waals surface area contributed by atoms with Crippen molar-refractivity contribution < 1.29 is 0 Å². The van der Waals surface area contributed by atoms with Crippen LogP contribution in [0.4, 0.5) is 0 Å². The summed E-state index contributed by atoms with van der Waals surface area (Å²) in [6.07, 6.45) is 1.33. The highest BCUT2D eigenvalue weighted by Gasteiger charge is 2.29. The van der Waals surface area contributed by atoms with Gasteiger partial charge in [0.05, 0.1) is 0 Å². The molecule has 1 saturated heterocycles. The predicted octanol–water partition coefficient (Wildman–Crippen LogP) is 1.70. The summed E-state index contributed by atoms with van der Waals surface area (Å²) in [5.41, 5.74) is 6.38. The molecule has 1 aliphatic heterocycles. The lowest BCUT2D eigenvalue weighted by molar-refractivity contribution is 0.243. The van der Waals surface area contributed by atoms with E-state index in [1.54, 1.807) is 0 Å². The van der Waals surface area contributed by atoms with E-state index in [0.29, 0.717) is 17.4 Å². The van der Waals surface area contributed by atoms with Crippen molar-refractivity contribution in [3.8, 4) is 0 Å². The van der Waals surface area contributed by atoms with E-state index in [4.69, 9.17) is 5.73 Å². The second kappa shape index (κ2) is 3.97. The minimum Gasteiger partial charge on any atom is -0.328 e. The summed E-state index contributed by atoms with van der Waals surface area (Å²) in [5, 5.41) is 0. The normalized spacial score (nSPS) is 27.5. The molecule has 0 bridgehead atoms. The molecular formula is C11H24N2. The lowest BCUT2D eigenvalue weighted by Gasteiger charge is -2.24. The zero-order valence-corrected chi connectivity index (χ0v) is 9.51. The highest BCUT2D eigenvalue weighted by Crippen LogP contribution is 2.29. The van der Waals surface area contributed by atoms with Crippen molar-refractivity contribution in [1.82, 2.24) is 4.90 Å². The molecule has 1 fully saturated rings. The summed E-state index contributed by atoms with van der Waals surface area (Å²) in [6.45, 7) is 12.7. The van der Waals surface area contributed by atoms with Gasteiger partial charge in [0.15, 0.2) is 0 Å². The number of likely N-dealkylation sites (tertiary alicyclic amines) is 1. The van der Waals surface area contributed by atoms with Gasteiger partial charge >= 0.3 is 0 Å². The Morgan fingerprint density at radius 1 is 1.38 bits per heavy atom. The van der Waals surface area contributed by atoms with Gasteiger partial charge in [-0.2, -0.15) is 0 Å². The van der Waals surface area contributed by atoms with Gasteiger partial charge < -0.3 is 10.6 Å². The van der Waals surface area contributed by atoms with Gasteiger partial charge in [-0.15, -0.1) is 0 Å². The topological polar surface area (TPSA) is 29.3 Å². The fourth-order valence-corrected chi connectivity index (χ4v) is 1.95. The van der Waals surface area contributed by atoms with Gasteiger partial charge in [-0.05, 0) is 31.2 Å². The van der Waals surface area contributed by atoms with Crippen LogP contribution in [-0.4, -0.2) is 30.6 Å². The van der Waals surface area contributed by atoms with Gasteiger partial charge in [0.25, 0.3) is 0 Å². The molecule has 0 aromatic heterocycles. The van der Waals surface area contributed by atoms with E-state index in [9.17, 15) is 0 Å². The van der Waals surface area contributed by atoms with Crippen LogP contribution in [0, 0.1) is 11.3 Å². The van der Waals surface area contributed by atoms with Crippen molar-refractivity contribution in [1.29, 1.82) is 0 Å². The first-order valence-electron chi connectivity index (χ1n) is 5.39. The van der Waals surface area contributed by atoms with Crippen molar-refractivity contribution in [3.63, 3.8) is 0 Å². The van der Waals surface area contributed by atoms with Crippen molar-refractivity contribution in [3.05, 3.63) is 0 Å². The smallest absolute Gasteiger partial charge is 0.00483 e. The van der Waals surface area contributed by atoms with E-state index in [1.807, 2.05) is 0 Å². The zero-order chi connectivity index (χ0) is 10.1. The molecule has 78 valence electrons. The maximum Gasteiger partial charge on any atom is 0.00483 e. The number of rotatable bonds is 3. The monoisotopic (exact) mass is 184 g/mol. The van der Waals surface area contributed by atoms with E-state index in [2.05, 4.69) is 32.6 Å². The lowest BCUT2D eigenvalue weighted by Crippen LogP contribution is -2.35. The van der Waals surface area contributed by atoms with Gasteiger partial charge in [-0.1, -0.05) is 20.8 Å². The molecule has 2 nitrogen and oxygen atoms in total. The number of hydrogen-bond donors (Lipinski definition) is 1. The van der Waals surface area contributed by atoms with Crippen LogP contribution in [-0.2, 0) is 0 Å². The second-order valence-electron chi connectivity index (χ2n) is 5.49. The fourth-order valence-electron chi connectivity index (χ4n) is 1.95. The summed E-state index contributed by atoms with van der Waals surface area (Å²) in [6, 6.07) is 0.323. The van der Waals surface area contributed by atoms with Crippen LogP contribution in [0.2, 0.25) is 0 Å². The molecule has 1 rings (SSSR count). The van der Waals surface area contributed by atoms with E-state index in [0.717, 1.165) is 0 Å². The first kappa shape index (κ1) is 11.0. The van der Waals surface area contributed by atoms with Gasteiger partial charge in [0.2, 0.25) is 0 Å². The highest BCUT2D eigenvalue weighted by molar-refractivity contribution is 4.83. The zero-order valence-electron chi connectivity index (χ0n) is 9.51. The Kier molecular flexibility index (Phi) is 3.36. The minimum atomic E-state index is 0.323. The third-order valence-electron chi connectivity index (χ3n) is 3.20. The van der Waals surface area contributed by atoms with Crippen LogP contribution < -0.4 is 5.73 Å². The summed E-state index contributed by atoms with van der Waals surface area (Å²) in [4.78, 5) is 2.55. The molecule has 2 atom stereocenters. The third kappa shape index (κ3) is 3.28. The van der Waals surface area contributed by atoms with E-state index in [1.165, 1.54) is 26.1 Å². The Labute approximate surface area is 82.5 Å². The molecular weight excluding hydrogens is 160 g/mol.